The van der Waals surface area contributed by atoms with Gasteiger partial charge in [-0.25, -0.2) is 0 Å². The molecule has 0 unspecified atom stereocenters. The molecule has 0 aliphatic carbocycles. The molecule has 14 heavy (non-hydrogen) atoms. The van der Waals surface area contributed by atoms with E-state index in [0.29, 0.717) is 0 Å². The molecule has 0 bridgehead atoms. The minimum absolute atomic E-state index is 0.914. The molecule has 0 aliphatic heterocycles. The fourth-order valence-electron chi connectivity index (χ4n) is 0.828. The fraction of sp³-hybridized carbons (Fsp3) is 0.308. The molecule has 1 rings (SSSR count). The first-order chi connectivity index (χ1) is 6.88. The average Bonchev–Trinajstić information content (AvgIpc) is 2.34. The van der Waals surface area contributed by atoms with Crippen molar-refractivity contribution in [2.45, 2.75) is 27.7 Å². The zero-order chi connectivity index (χ0) is 11.4. The van der Waals surface area contributed by atoms with Crippen molar-refractivity contribution in [3.05, 3.63) is 42.0 Å². The molecule has 78 valence electrons. The van der Waals surface area contributed by atoms with Gasteiger partial charge in [0.15, 0.2) is 0 Å². The summed E-state index contributed by atoms with van der Waals surface area (Å²) in [6.07, 6.45) is 3.08. The SMILES string of the molecule is C=Cc1ccccc1C=N.CC.CC. The zero-order valence-electron chi connectivity index (χ0n) is 9.67. The molecule has 0 amide bonds. The van der Waals surface area contributed by atoms with Crippen molar-refractivity contribution in [3.63, 3.8) is 0 Å². The van der Waals surface area contributed by atoms with Crippen LogP contribution in [0.3, 0.4) is 0 Å². The lowest BCUT2D eigenvalue weighted by atomic mass is 10.1. The Morgan fingerprint density at radius 2 is 1.43 bits per heavy atom. The molecular formula is C13H21N. The average molecular weight is 191 g/mol. The first-order valence-electron chi connectivity index (χ1n) is 5.10. The maximum absolute atomic E-state index is 7.02. The van der Waals surface area contributed by atoms with E-state index in [9.17, 15) is 0 Å². The van der Waals surface area contributed by atoms with Gasteiger partial charge in [0.05, 0.1) is 0 Å². The lowest BCUT2D eigenvalue weighted by molar-refractivity contribution is 1.50. The van der Waals surface area contributed by atoms with E-state index in [-0.39, 0.29) is 0 Å². The largest absolute Gasteiger partial charge is 0.308 e. The molecule has 1 aromatic rings. The highest BCUT2D eigenvalue weighted by Gasteiger charge is 1.90. The summed E-state index contributed by atoms with van der Waals surface area (Å²) in [6, 6.07) is 7.68. The maximum atomic E-state index is 7.02. The molecule has 1 nitrogen and oxygen atoms in total. The van der Waals surface area contributed by atoms with Gasteiger partial charge < -0.3 is 5.41 Å². The molecule has 1 N–H and O–H groups in total. The summed E-state index contributed by atoms with van der Waals surface area (Å²) in [5, 5.41) is 7.02. The van der Waals surface area contributed by atoms with Crippen LogP contribution in [0.5, 0.6) is 0 Å². The Balaban J connectivity index is 0. The quantitative estimate of drug-likeness (QED) is 0.671. The molecule has 1 aromatic carbocycles. The van der Waals surface area contributed by atoms with E-state index in [4.69, 9.17) is 5.41 Å². The summed E-state index contributed by atoms with van der Waals surface area (Å²) in [5.74, 6) is 0. The van der Waals surface area contributed by atoms with Crippen LogP contribution < -0.4 is 0 Å². The molecule has 0 aromatic heterocycles. The summed E-state index contributed by atoms with van der Waals surface area (Å²) < 4.78 is 0. The minimum Gasteiger partial charge on any atom is -0.308 e. The Kier molecular flexibility index (Phi) is 12.6. The number of hydrogen-bond acceptors (Lipinski definition) is 1. The molecule has 0 aliphatic rings. The smallest absolute Gasteiger partial charge is 0.0256 e. The van der Waals surface area contributed by atoms with Crippen LogP contribution in [0.4, 0.5) is 0 Å². The van der Waals surface area contributed by atoms with Gasteiger partial charge in [-0.3, -0.25) is 0 Å². The van der Waals surface area contributed by atoms with Gasteiger partial charge in [0.1, 0.15) is 0 Å². The predicted molar refractivity (Wildman–Crippen MR) is 67.1 cm³/mol. The lowest BCUT2D eigenvalue weighted by Gasteiger charge is -1.95. The summed E-state index contributed by atoms with van der Waals surface area (Å²) in [5.41, 5.74) is 1.93. The van der Waals surface area contributed by atoms with Crippen LogP contribution in [-0.4, -0.2) is 6.21 Å². The molecule has 0 heterocycles. The van der Waals surface area contributed by atoms with Gasteiger partial charge in [-0.2, -0.15) is 0 Å². The monoisotopic (exact) mass is 191 g/mol. The molecular weight excluding hydrogens is 170 g/mol. The van der Waals surface area contributed by atoms with Crippen LogP contribution in [0.25, 0.3) is 6.08 Å². The number of hydrogen-bond donors (Lipinski definition) is 1. The van der Waals surface area contributed by atoms with Gasteiger partial charge in [-0.05, 0) is 11.1 Å². The number of benzene rings is 1. The second-order valence-electron chi connectivity index (χ2n) is 1.98. The Bertz CT molecular complexity index is 224. The van der Waals surface area contributed by atoms with Crippen LogP contribution in [0.1, 0.15) is 38.8 Å². The predicted octanol–water partition coefficient (Wildman–Crippen LogP) is 4.38. The Morgan fingerprint density at radius 1 is 1.00 bits per heavy atom. The third kappa shape index (κ3) is 5.31. The van der Waals surface area contributed by atoms with E-state index in [1.165, 1.54) is 6.21 Å². The third-order valence-electron chi connectivity index (χ3n) is 1.37. The lowest BCUT2D eigenvalue weighted by Crippen LogP contribution is -1.82. The summed E-state index contributed by atoms with van der Waals surface area (Å²) in [6.45, 7) is 11.6. The van der Waals surface area contributed by atoms with Crippen molar-refractivity contribution in [2.24, 2.45) is 0 Å². The summed E-state index contributed by atoms with van der Waals surface area (Å²) in [4.78, 5) is 0. The molecule has 1 heteroatoms. The molecule has 0 atom stereocenters. The van der Waals surface area contributed by atoms with Gasteiger partial charge in [0, 0.05) is 6.21 Å². The van der Waals surface area contributed by atoms with Crippen LogP contribution in [-0.2, 0) is 0 Å². The molecule has 0 spiro atoms. The second kappa shape index (κ2) is 11.6. The van der Waals surface area contributed by atoms with Gasteiger partial charge in [-0.15, -0.1) is 0 Å². The summed E-state index contributed by atoms with van der Waals surface area (Å²) >= 11 is 0. The Morgan fingerprint density at radius 3 is 1.71 bits per heavy atom. The highest BCUT2D eigenvalue weighted by atomic mass is 14.3. The fourth-order valence-corrected chi connectivity index (χ4v) is 0.828. The standard InChI is InChI=1S/C9H9N.2C2H6/c1-2-8-5-3-4-6-9(8)7-10;2*1-2/h2-7,10H,1H2;2*1-2H3. The number of rotatable bonds is 2. The van der Waals surface area contributed by atoms with E-state index >= 15 is 0 Å². The highest BCUT2D eigenvalue weighted by molar-refractivity contribution is 5.82. The molecule has 0 saturated heterocycles. The third-order valence-corrected chi connectivity index (χ3v) is 1.37. The van der Waals surface area contributed by atoms with Crippen molar-refractivity contribution in [1.82, 2.24) is 0 Å². The van der Waals surface area contributed by atoms with Crippen molar-refractivity contribution < 1.29 is 0 Å². The molecule has 0 fully saturated rings. The van der Waals surface area contributed by atoms with Crippen molar-refractivity contribution in [1.29, 1.82) is 5.41 Å². The van der Waals surface area contributed by atoms with Gasteiger partial charge in [-0.1, -0.05) is 64.6 Å². The van der Waals surface area contributed by atoms with Crippen molar-refractivity contribution in [3.8, 4) is 0 Å². The number of nitrogens with one attached hydrogen (secondary N) is 1. The van der Waals surface area contributed by atoms with E-state index in [0.717, 1.165) is 11.1 Å². The van der Waals surface area contributed by atoms with Crippen LogP contribution >= 0.6 is 0 Å². The molecule has 0 radical (unpaired) electrons. The van der Waals surface area contributed by atoms with E-state index in [2.05, 4.69) is 6.58 Å². The first-order valence-corrected chi connectivity index (χ1v) is 5.10. The molecule has 0 saturated carbocycles. The topological polar surface area (TPSA) is 23.9 Å². The van der Waals surface area contributed by atoms with Crippen molar-refractivity contribution >= 4 is 12.3 Å². The van der Waals surface area contributed by atoms with Gasteiger partial charge in [0.25, 0.3) is 0 Å². The van der Waals surface area contributed by atoms with Gasteiger partial charge in [0.2, 0.25) is 0 Å². The highest BCUT2D eigenvalue weighted by Crippen LogP contribution is 2.06. The second-order valence-corrected chi connectivity index (χ2v) is 1.98. The van der Waals surface area contributed by atoms with Gasteiger partial charge >= 0.3 is 0 Å². The van der Waals surface area contributed by atoms with Crippen molar-refractivity contribution in [2.75, 3.05) is 0 Å². The van der Waals surface area contributed by atoms with E-state index in [1.54, 1.807) is 6.08 Å². The zero-order valence-corrected chi connectivity index (χ0v) is 9.67. The van der Waals surface area contributed by atoms with Crippen LogP contribution in [0.15, 0.2) is 30.8 Å². The van der Waals surface area contributed by atoms with Crippen LogP contribution in [0.2, 0.25) is 0 Å². The maximum Gasteiger partial charge on any atom is 0.0256 e. The van der Waals surface area contributed by atoms with E-state index in [1.807, 2.05) is 52.0 Å². The Hall–Kier alpha value is -1.37. The minimum atomic E-state index is 0.914. The summed E-state index contributed by atoms with van der Waals surface area (Å²) in [7, 11) is 0. The normalized spacial score (nSPS) is 7.14. The van der Waals surface area contributed by atoms with Crippen LogP contribution in [0, 0.1) is 5.41 Å². The Labute approximate surface area is 88.0 Å². The first kappa shape index (κ1) is 15.1. The van der Waals surface area contributed by atoms with E-state index < -0.39 is 0 Å².